The van der Waals surface area contributed by atoms with Crippen LogP contribution in [0.2, 0.25) is 0 Å². The molecule has 7 heteroatoms. The van der Waals surface area contributed by atoms with Crippen molar-refractivity contribution >= 4 is 22.1 Å². The maximum Gasteiger partial charge on any atom is 0.298 e. The fraction of sp³-hybridized carbons (Fsp3) is 0.500. The van der Waals surface area contributed by atoms with Gasteiger partial charge >= 0.3 is 0 Å². The van der Waals surface area contributed by atoms with Crippen molar-refractivity contribution in [3.63, 3.8) is 0 Å². The number of carbonyl (C=O) groups is 1. The highest BCUT2D eigenvalue weighted by atomic mass is 32.2. The Bertz CT molecular complexity index is 458. The number of nitrogens with zero attached hydrogens (tertiary/aromatic N) is 2. The summed E-state index contributed by atoms with van der Waals surface area (Å²) in [5.74, 6) is -0.338. The number of nitrogens with two attached hydrogens (primary N) is 1. The number of sulfonamides is 1. The monoisotopic (exact) mass is 229 g/mol. The van der Waals surface area contributed by atoms with Crippen molar-refractivity contribution < 1.29 is 13.2 Å². The van der Waals surface area contributed by atoms with Gasteiger partial charge in [0.25, 0.3) is 15.9 Å². The molecule has 2 N–H and O–H groups in total. The average molecular weight is 229 g/mol. The van der Waals surface area contributed by atoms with E-state index in [0.29, 0.717) is 13.1 Å². The summed E-state index contributed by atoms with van der Waals surface area (Å²) in [5, 5.41) is -0.431. The summed E-state index contributed by atoms with van der Waals surface area (Å²) in [4.78, 5) is 13.4. The van der Waals surface area contributed by atoms with Gasteiger partial charge in [-0.3, -0.25) is 4.79 Å². The van der Waals surface area contributed by atoms with Crippen LogP contribution in [-0.2, 0) is 14.8 Å². The fourth-order valence-electron chi connectivity index (χ4n) is 1.63. The first kappa shape index (κ1) is 10.2. The maximum atomic E-state index is 11.8. The lowest BCUT2D eigenvalue weighted by Crippen LogP contribution is -2.30. The third-order valence-electron chi connectivity index (χ3n) is 2.49. The maximum absolute atomic E-state index is 11.8. The molecule has 1 saturated heterocycles. The zero-order valence-electron chi connectivity index (χ0n) is 8.01. The largest absolute Gasteiger partial charge is 0.387 e. The lowest BCUT2D eigenvalue weighted by atomic mass is 10.3. The van der Waals surface area contributed by atoms with Gasteiger partial charge < -0.3 is 10.6 Å². The van der Waals surface area contributed by atoms with E-state index in [1.165, 1.54) is 0 Å². The van der Waals surface area contributed by atoms with Gasteiger partial charge in [-0.15, -0.1) is 0 Å². The number of carbonyl (C=O) groups excluding carboxylic acids is 1. The van der Waals surface area contributed by atoms with E-state index in [0.717, 1.165) is 19.1 Å². The van der Waals surface area contributed by atoms with Crippen molar-refractivity contribution in [1.82, 2.24) is 4.90 Å². The Morgan fingerprint density at radius 2 is 2.00 bits per heavy atom. The van der Waals surface area contributed by atoms with Gasteiger partial charge in [-0.25, -0.2) is 0 Å². The highest BCUT2D eigenvalue weighted by Gasteiger charge is 2.30. The van der Waals surface area contributed by atoms with Crippen LogP contribution in [0.5, 0.6) is 0 Å². The van der Waals surface area contributed by atoms with Crippen LogP contribution in [-0.4, -0.2) is 38.5 Å². The highest BCUT2D eigenvalue weighted by molar-refractivity contribution is 7.94. The first-order valence-corrected chi connectivity index (χ1v) is 6.06. The molecule has 0 aromatic carbocycles. The Morgan fingerprint density at radius 3 is 2.47 bits per heavy atom. The second-order valence-electron chi connectivity index (χ2n) is 3.49. The van der Waals surface area contributed by atoms with E-state index in [1.807, 2.05) is 0 Å². The number of likely N-dealkylation sites (tertiary alicyclic amines) is 1. The van der Waals surface area contributed by atoms with Gasteiger partial charge in [0.05, 0.1) is 11.8 Å². The van der Waals surface area contributed by atoms with E-state index in [9.17, 15) is 13.2 Å². The van der Waals surface area contributed by atoms with E-state index in [2.05, 4.69) is 4.40 Å². The van der Waals surface area contributed by atoms with Gasteiger partial charge in [-0.2, -0.15) is 12.8 Å². The van der Waals surface area contributed by atoms with Gasteiger partial charge in [-0.05, 0) is 12.8 Å². The van der Waals surface area contributed by atoms with Gasteiger partial charge in [0.2, 0.25) is 0 Å². The zero-order chi connectivity index (χ0) is 11.1. The summed E-state index contributed by atoms with van der Waals surface area (Å²) in [6, 6.07) is 0. The molecule has 0 spiro atoms. The Kier molecular flexibility index (Phi) is 2.26. The molecular formula is C8H11N3O3S. The normalized spacial score (nSPS) is 23.9. The predicted octanol–water partition coefficient (Wildman–Crippen LogP) is -0.807. The van der Waals surface area contributed by atoms with Gasteiger partial charge in [0.1, 0.15) is 0 Å². The SMILES string of the molecule is NC1=C(C(=O)N2CCCC2)C=NS1(=O)=O. The Hall–Kier alpha value is -1.37. The molecule has 0 aliphatic carbocycles. The summed E-state index contributed by atoms with van der Waals surface area (Å²) < 4.78 is 25.5. The van der Waals surface area contributed by atoms with Crippen molar-refractivity contribution in [2.24, 2.45) is 10.1 Å². The van der Waals surface area contributed by atoms with Gasteiger partial charge in [0.15, 0.2) is 5.03 Å². The van der Waals surface area contributed by atoms with Crippen LogP contribution in [0.3, 0.4) is 0 Å². The summed E-state index contributed by atoms with van der Waals surface area (Å²) in [6.45, 7) is 1.31. The molecule has 0 saturated carbocycles. The number of hydrogen-bond donors (Lipinski definition) is 1. The molecule has 6 nitrogen and oxygen atoms in total. The molecule has 0 unspecified atom stereocenters. The second kappa shape index (κ2) is 3.34. The zero-order valence-corrected chi connectivity index (χ0v) is 8.83. The number of amides is 1. The number of hydrogen-bond acceptors (Lipinski definition) is 4. The Balaban J connectivity index is 2.29. The van der Waals surface area contributed by atoms with Crippen molar-refractivity contribution in [3.05, 3.63) is 10.6 Å². The van der Waals surface area contributed by atoms with Crippen LogP contribution in [0.25, 0.3) is 0 Å². The first-order valence-electron chi connectivity index (χ1n) is 4.62. The molecule has 2 aliphatic rings. The third kappa shape index (κ3) is 1.63. The second-order valence-corrected chi connectivity index (χ2v) is 5.09. The topological polar surface area (TPSA) is 92.8 Å². The highest BCUT2D eigenvalue weighted by Crippen LogP contribution is 2.19. The van der Waals surface area contributed by atoms with E-state index in [4.69, 9.17) is 5.73 Å². The van der Waals surface area contributed by atoms with Crippen LogP contribution < -0.4 is 5.73 Å². The molecule has 2 heterocycles. The molecule has 82 valence electrons. The van der Waals surface area contributed by atoms with E-state index in [-0.39, 0.29) is 11.5 Å². The molecule has 2 rings (SSSR count). The molecule has 0 atom stereocenters. The molecule has 2 aliphatic heterocycles. The fourth-order valence-corrected chi connectivity index (χ4v) is 2.41. The van der Waals surface area contributed by atoms with E-state index >= 15 is 0 Å². The third-order valence-corrected chi connectivity index (χ3v) is 3.65. The summed E-state index contributed by atoms with van der Waals surface area (Å²) in [5.41, 5.74) is 5.34. The van der Waals surface area contributed by atoms with Crippen molar-refractivity contribution in [3.8, 4) is 0 Å². The Morgan fingerprint density at radius 1 is 1.40 bits per heavy atom. The molecule has 0 aromatic rings. The van der Waals surface area contributed by atoms with Crippen LogP contribution in [0.4, 0.5) is 0 Å². The van der Waals surface area contributed by atoms with Gasteiger partial charge in [-0.1, -0.05) is 0 Å². The lowest BCUT2D eigenvalue weighted by molar-refractivity contribution is -0.125. The summed E-state index contributed by atoms with van der Waals surface area (Å²) in [6.07, 6.45) is 2.93. The minimum absolute atomic E-state index is 0.00287. The average Bonchev–Trinajstić information content (AvgIpc) is 2.76. The van der Waals surface area contributed by atoms with Crippen molar-refractivity contribution in [1.29, 1.82) is 0 Å². The predicted molar refractivity (Wildman–Crippen MR) is 54.4 cm³/mol. The number of rotatable bonds is 1. The minimum Gasteiger partial charge on any atom is -0.387 e. The van der Waals surface area contributed by atoms with Crippen molar-refractivity contribution in [2.75, 3.05) is 13.1 Å². The molecule has 0 radical (unpaired) electrons. The van der Waals surface area contributed by atoms with Gasteiger partial charge in [0, 0.05) is 13.1 Å². The van der Waals surface area contributed by atoms with Crippen LogP contribution in [0, 0.1) is 0 Å². The standard InChI is InChI=1S/C8H11N3O3S/c9-7-6(5-10-15(7,13)14)8(12)11-3-1-2-4-11/h5H,1-4,9H2. The lowest BCUT2D eigenvalue weighted by Gasteiger charge is -2.14. The molecule has 1 amide bonds. The van der Waals surface area contributed by atoms with Crippen molar-refractivity contribution in [2.45, 2.75) is 12.8 Å². The van der Waals surface area contributed by atoms with E-state index < -0.39 is 15.1 Å². The van der Waals surface area contributed by atoms with Crippen LogP contribution >= 0.6 is 0 Å². The molecule has 15 heavy (non-hydrogen) atoms. The Labute approximate surface area is 87.5 Å². The quantitative estimate of drug-likeness (QED) is 0.636. The molecule has 1 fully saturated rings. The first-order chi connectivity index (χ1) is 7.02. The molecule has 0 bridgehead atoms. The molecular weight excluding hydrogens is 218 g/mol. The smallest absolute Gasteiger partial charge is 0.298 e. The van der Waals surface area contributed by atoms with E-state index in [1.54, 1.807) is 4.90 Å². The summed E-state index contributed by atoms with van der Waals surface area (Å²) in [7, 11) is -3.77. The van der Waals surface area contributed by atoms with Crippen LogP contribution in [0.15, 0.2) is 15.0 Å². The minimum atomic E-state index is -3.77. The molecule has 0 aromatic heterocycles. The van der Waals surface area contributed by atoms with Crippen LogP contribution in [0.1, 0.15) is 12.8 Å². The summed E-state index contributed by atoms with van der Waals surface area (Å²) >= 11 is 0.